The molecule has 1 saturated carbocycles. The number of thioether (sulfide) groups is 1. The molecule has 1 aromatic rings. The normalized spacial score (nSPS) is 23.5. The Hall–Kier alpha value is -1.18. The van der Waals surface area contributed by atoms with Crippen molar-refractivity contribution in [2.75, 3.05) is 26.0 Å². The van der Waals surface area contributed by atoms with E-state index in [4.69, 9.17) is 9.47 Å². The van der Waals surface area contributed by atoms with Crippen molar-refractivity contribution >= 4 is 36.0 Å². The van der Waals surface area contributed by atoms with Gasteiger partial charge in [-0.25, -0.2) is 0 Å². The molecule has 1 saturated heterocycles. The Morgan fingerprint density at radius 2 is 2.00 bits per heavy atom. The van der Waals surface area contributed by atoms with E-state index in [1.165, 1.54) is 37.4 Å². The van der Waals surface area contributed by atoms with Crippen LogP contribution in [0.3, 0.4) is 0 Å². The third kappa shape index (κ3) is 5.05. The van der Waals surface area contributed by atoms with Crippen molar-refractivity contribution in [1.29, 1.82) is 0 Å². The number of carbonyl (C=O) groups excluding carboxylic acids is 2. The van der Waals surface area contributed by atoms with Gasteiger partial charge in [0, 0.05) is 18.7 Å². The van der Waals surface area contributed by atoms with Crippen LogP contribution in [0.25, 0.3) is 0 Å². The fourth-order valence-electron chi connectivity index (χ4n) is 3.92. The van der Waals surface area contributed by atoms with Crippen molar-refractivity contribution < 1.29 is 19.1 Å². The molecule has 1 heterocycles. The van der Waals surface area contributed by atoms with E-state index >= 15 is 0 Å². The number of hydrogen-bond acceptors (Lipinski definition) is 7. The highest BCUT2D eigenvalue weighted by molar-refractivity contribution is 8.01. The number of methoxy groups -OCH3 is 1. The van der Waals surface area contributed by atoms with Crippen LogP contribution >= 0.6 is 24.4 Å². The minimum Gasteiger partial charge on any atom is -0.493 e. The summed E-state index contributed by atoms with van der Waals surface area (Å²) < 4.78 is 11.2. The highest BCUT2D eigenvalue weighted by atomic mass is 32.2. The summed E-state index contributed by atoms with van der Waals surface area (Å²) in [5, 5.41) is 2.34. The van der Waals surface area contributed by atoms with Crippen molar-refractivity contribution in [2.45, 2.75) is 48.6 Å². The fourth-order valence-corrected chi connectivity index (χ4v) is 5.51. The highest BCUT2D eigenvalue weighted by Crippen LogP contribution is 2.34. The molecule has 28 heavy (non-hydrogen) atoms. The van der Waals surface area contributed by atoms with Gasteiger partial charge >= 0.3 is 0 Å². The average molecular weight is 424 g/mol. The van der Waals surface area contributed by atoms with Crippen LogP contribution in [0, 0.1) is 5.92 Å². The second-order valence-electron chi connectivity index (χ2n) is 7.46. The lowest BCUT2D eigenvalue weighted by Crippen LogP contribution is -2.54. The maximum atomic E-state index is 13.2. The van der Waals surface area contributed by atoms with Gasteiger partial charge in [0.25, 0.3) is 0 Å². The van der Waals surface area contributed by atoms with E-state index in [0.29, 0.717) is 30.4 Å². The second-order valence-corrected chi connectivity index (χ2v) is 9.37. The first-order valence-electron chi connectivity index (χ1n) is 9.95. The summed E-state index contributed by atoms with van der Waals surface area (Å²) in [6, 6.07) is 7.34. The average Bonchev–Trinajstić information content (AvgIpc) is 3.42. The molecule has 2 fully saturated rings. The van der Waals surface area contributed by atoms with Crippen LogP contribution in [0.15, 0.2) is 24.3 Å². The largest absolute Gasteiger partial charge is 0.493 e. The first-order valence-corrected chi connectivity index (χ1v) is 11.5. The zero-order valence-corrected chi connectivity index (χ0v) is 18.0. The van der Waals surface area contributed by atoms with Crippen LogP contribution in [0.5, 0.6) is 11.5 Å². The van der Waals surface area contributed by atoms with Gasteiger partial charge in [-0.2, -0.15) is 12.6 Å². The van der Waals surface area contributed by atoms with E-state index in [1.54, 1.807) is 7.11 Å². The molecule has 0 amide bonds. The molecular weight excluding hydrogens is 394 g/mol. The zero-order chi connectivity index (χ0) is 20.0. The molecule has 1 aliphatic heterocycles. The Bertz CT molecular complexity index is 685. The minimum atomic E-state index is -0.948. The number of thiol groups is 1. The highest BCUT2D eigenvalue weighted by Gasteiger charge is 2.46. The summed E-state index contributed by atoms with van der Waals surface area (Å²) in [6.07, 6.45) is 6.21. The summed E-state index contributed by atoms with van der Waals surface area (Å²) in [4.78, 5) is 24.9. The second kappa shape index (κ2) is 10.0. The number of rotatable bonds is 10. The maximum absolute atomic E-state index is 13.2. The minimum absolute atomic E-state index is 0.0776. The molecule has 2 aliphatic rings. The smallest absolute Gasteiger partial charge is 0.186 e. The summed E-state index contributed by atoms with van der Waals surface area (Å²) in [7, 11) is 1.58. The van der Waals surface area contributed by atoms with Gasteiger partial charge in [-0.1, -0.05) is 37.8 Å². The molecule has 3 rings (SSSR count). The molecule has 1 aromatic carbocycles. The predicted molar refractivity (Wildman–Crippen MR) is 116 cm³/mol. The lowest BCUT2D eigenvalue weighted by molar-refractivity contribution is -0.128. The molecular formula is C21H29NO4S2. The third-order valence-corrected chi connectivity index (χ3v) is 7.47. The first-order chi connectivity index (χ1) is 13.6. The van der Waals surface area contributed by atoms with Crippen LogP contribution in [0.4, 0.5) is 0 Å². The SMILES string of the molecule is COc1ccccc1OCC1(C(=O)C(S)C(=O)CCC2CCCC2)NCCS1. The van der Waals surface area contributed by atoms with Crippen LogP contribution in [0.2, 0.25) is 0 Å². The number of ketones is 2. The van der Waals surface area contributed by atoms with Crippen molar-refractivity contribution in [3.05, 3.63) is 24.3 Å². The Morgan fingerprint density at radius 1 is 1.29 bits per heavy atom. The van der Waals surface area contributed by atoms with E-state index in [1.807, 2.05) is 24.3 Å². The van der Waals surface area contributed by atoms with Crippen molar-refractivity contribution in [3.8, 4) is 11.5 Å². The molecule has 1 aliphatic carbocycles. The monoisotopic (exact) mass is 423 g/mol. The van der Waals surface area contributed by atoms with E-state index in [2.05, 4.69) is 17.9 Å². The third-order valence-electron chi connectivity index (χ3n) is 5.59. The molecule has 1 N–H and O–H groups in total. The summed E-state index contributed by atoms with van der Waals surface area (Å²) in [6.45, 7) is 0.826. The number of Topliss-reactive ketones (excluding diaryl/α,β-unsaturated/α-hetero) is 2. The van der Waals surface area contributed by atoms with Gasteiger partial charge in [0.05, 0.1) is 7.11 Å². The number of nitrogens with one attached hydrogen (secondary N) is 1. The van der Waals surface area contributed by atoms with Gasteiger partial charge in [0.1, 0.15) is 11.9 Å². The van der Waals surface area contributed by atoms with E-state index in [-0.39, 0.29) is 18.2 Å². The quantitative estimate of drug-likeness (QED) is 0.444. The molecule has 0 spiro atoms. The molecule has 0 aromatic heterocycles. The fraction of sp³-hybridized carbons (Fsp3) is 0.619. The first kappa shape index (κ1) is 21.5. The number of hydrogen-bond donors (Lipinski definition) is 2. The van der Waals surface area contributed by atoms with Gasteiger partial charge in [-0.05, 0) is 24.5 Å². The molecule has 0 radical (unpaired) electrons. The Morgan fingerprint density at radius 3 is 2.64 bits per heavy atom. The van der Waals surface area contributed by atoms with Crippen LogP contribution in [-0.2, 0) is 9.59 Å². The maximum Gasteiger partial charge on any atom is 0.186 e. The summed E-state index contributed by atoms with van der Waals surface area (Å²) in [5.41, 5.74) is 0. The molecule has 2 unspecified atom stereocenters. The van der Waals surface area contributed by atoms with Gasteiger partial charge in [-0.15, -0.1) is 11.8 Å². The van der Waals surface area contributed by atoms with E-state index in [0.717, 1.165) is 12.2 Å². The standard InChI is InChI=1S/C21H29NO4S2/c1-25-17-8-4-5-9-18(17)26-14-21(22-12-13-28-21)20(24)19(27)16(23)11-10-15-6-2-3-7-15/h4-5,8-9,15,19,22,27H,2-3,6-7,10-14H2,1H3. The molecule has 2 atom stereocenters. The van der Waals surface area contributed by atoms with Crippen LogP contribution in [-0.4, -0.2) is 47.7 Å². The zero-order valence-electron chi connectivity index (χ0n) is 16.3. The lowest BCUT2D eigenvalue weighted by Gasteiger charge is -2.29. The molecule has 7 heteroatoms. The van der Waals surface area contributed by atoms with Gasteiger partial charge in [0.2, 0.25) is 0 Å². The van der Waals surface area contributed by atoms with E-state index in [9.17, 15) is 9.59 Å². The summed E-state index contributed by atoms with van der Waals surface area (Å²) >= 11 is 5.90. The van der Waals surface area contributed by atoms with Gasteiger partial charge < -0.3 is 9.47 Å². The Kier molecular flexibility index (Phi) is 7.71. The van der Waals surface area contributed by atoms with E-state index < -0.39 is 10.1 Å². The van der Waals surface area contributed by atoms with Crippen molar-refractivity contribution in [1.82, 2.24) is 5.32 Å². The van der Waals surface area contributed by atoms with Crippen molar-refractivity contribution in [3.63, 3.8) is 0 Å². The number of ether oxygens (including phenoxy) is 2. The number of benzene rings is 1. The van der Waals surface area contributed by atoms with Crippen LogP contribution in [0.1, 0.15) is 38.5 Å². The lowest BCUT2D eigenvalue weighted by atomic mass is 9.97. The number of para-hydroxylation sites is 2. The molecule has 5 nitrogen and oxygen atoms in total. The molecule has 0 bridgehead atoms. The van der Waals surface area contributed by atoms with Crippen molar-refractivity contribution in [2.24, 2.45) is 5.92 Å². The Balaban J connectivity index is 1.62. The van der Waals surface area contributed by atoms with Gasteiger partial charge in [0.15, 0.2) is 27.9 Å². The van der Waals surface area contributed by atoms with Crippen LogP contribution < -0.4 is 14.8 Å². The molecule has 154 valence electrons. The number of carbonyl (C=O) groups is 2. The Labute approximate surface area is 176 Å². The van der Waals surface area contributed by atoms with Gasteiger partial charge in [-0.3, -0.25) is 14.9 Å². The summed E-state index contributed by atoms with van der Waals surface area (Å²) in [5.74, 6) is 2.33. The topological polar surface area (TPSA) is 64.6 Å². The predicted octanol–water partition coefficient (Wildman–Crippen LogP) is 3.51.